The average Bonchev–Trinajstić information content (AvgIpc) is 3.63. The summed E-state index contributed by atoms with van der Waals surface area (Å²) >= 11 is 0. The summed E-state index contributed by atoms with van der Waals surface area (Å²) in [6.07, 6.45) is 13.6. The van der Waals surface area contributed by atoms with Gasteiger partial charge in [-0.25, -0.2) is 9.97 Å². The van der Waals surface area contributed by atoms with Gasteiger partial charge in [0.1, 0.15) is 17.0 Å². The summed E-state index contributed by atoms with van der Waals surface area (Å²) < 4.78 is 0. The summed E-state index contributed by atoms with van der Waals surface area (Å²) in [4.78, 5) is 29.2. The molecule has 0 atom stereocenters. The molecule has 0 spiro atoms. The summed E-state index contributed by atoms with van der Waals surface area (Å²) in [6, 6.07) is 4.19. The molecule has 0 aromatic carbocycles. The number of hydrogen-bond donors (Lipinski definition) is 2. The predicted molar refractivity (Wildman–Crippen MR) is 135 cm³/mol. The van der Waals surface area contributed by atoms with E-state index >= 15 is 0 Å². The Bertz CT molecular complexity index is 1000. The number of rotatable bonds is 3. The number of aromatic nitrogens is 4. The minimum atomic E-state index is 0.153. The number of amides is 1. The first kappa shape index (κ1) is 26.4. The van der Waals surface area contributed by atoms with E-state index in [-0.39, 0.29) is 5.91 Å². The Morgan fingerprint density at radius 1 is 1.12 bits per heavy atom. The fraction of sp³-hybridized carbons (Fsp3) is 0.615. The summed E-state index contributed by atoms with van der Waals surface area (Å²) in [7, 11) is 0. The molecule has 2 aliphatic rings. The van der Waals surface area contributed by atoms with Crippen molar-refractivity contribution in [1.82, 2.24) is 24.8 Å². The maximum atomic E-state index is 12.1. The highest BCUT2D eigenvalue weighted by atomic mass is 16.2. The van der Waals surface area contributed by atoms with Crippen LogP contribution in [0, 0.1) is 17.2 Å². The van der Waals surface area contributed by atoms with Crippen molar-refractivity contribution in [1.29, 1.82) is 5.26 Å². The lowest BCUT2D eigenvalue weighted by atomic mass is 9.87. The number of imidazole rings is 1. The molecule has 1 aliphatic carbocycles. The van der Waals surface area contributed by atoms with E-state index in [0.29, 0.717) is 12.2 Å². The van der Waals surface area contributed by atoms with Gasteiger partial charge in [0, 0.05) is 31.1 Å². The third-order valence-corrected chi connectivity index (χ3v) is 5.97. The van der Waals surface area contributed by atoms with E-state index in [2.05, 4.69) is 26.0 Å². The van der Waals surface area contributed by atoms with Gasteiger partial charge in [-0.1, -0.05) is 47.0 Å². The molecule has 33 heavy (non-hydrogen) atoms. The van der Waals surface area contributed by atoms with Crippen LogP contribution in [0.5, 0.6) is 0 Å². The molecule has 3 aromatic heterocycles. The van der Waals surface area contributed by atoms with E-state index in [9.17, 15) is 4.79 Å². The smallest absolute Gasteiger partial charge is 0.230 e. The highest BCUT2D eigenvalue weighted by molar-refractivity contribution is 6.00. The molecule has 3 aromatic rings. The quantitative estimate of drug-likeness (QED) is 0.498. The van der Waals surface area contributed by atoms with Crippen molar-refractivity contribution in [3.8, 4) is 6.07 Å². The number of nitrogens with zero attached hydrogens (tertiary/aromatic N) is 4. The molecule has 180 valence electrons. The first-order valence-corrected chi connectivity index (χ1v) is 12.7. The van der Waals surface area contributed by atoms with E-state index in [0.717, 1.165) is 60.3 Å². The van der Waals surface area contributed by atoms with Crippen LogP contribution in [0.15, 0.2) is 18.5 Å². The van der Waals surface area contributed by atoms with Gasteiger partial charge in [0.15, 0.2) is 0 Å². The highest BCUT2D eigenvalue weighted by Crippen LogP contribution is 2.25. The third-order valence-electron chi connectivity index (χ3n) is 5.97. The number of likely N-dealkylation sites (tertiary alicyclic amines) is 1. The Morgan fingerprint density at radius 2 is 1.82 bits per heavy atom. The largest absolute Gasteiger partial charge is 0.346 e. The Hall–Kier alpha value is -2.88. The second kappa shape index (κ2) is 14.3. The van der Waals surface area contributed by atoms with Gasteiger partial charge in [0.05, 0.1) is 24.2 Å². The Labute approximate surface area is 198 Å². The minimum absolute atomic E-state index is 0.153. The van der Waals surface area contributed by atoms with E-state index in [4.69, 9.17) is 5.26 Å². The van der Waals surface area contributed by atoms with Gasteiger partial charge in [-0.05, 0) is 37.7 Å². The van der Waals surface area contributed by atoms with E-state index in [1.807, 2.05) is 44.9 Å². The van der Waals surface area contributed by atoms with Gasteiger partial charge in [0.25, 0.3) is 0 Å². The predicted octanol–water partition coefficient (Wildman–Crippen LogP) is 6.14. The van der Waals surface area contributed by atoms with Gasteiger partial charge in [-0.15, -0.1) is 0 Å². The van der Waals surface area contributed by atoms with Crippen molar-refractivity contribution in [2.24, 2.45) is 5.92 Å². The number of carbonyl (C=O) groups is 1. The molecule has 1 saturated heterocycles. The first-order valence-electron chi connectivity index (χ1n) is 12.7. The molecule has 1 aliphatic heterocycles. The second-order valence-electron chi connectivity index (χ2n) is 8.07. The zero-order valence-corrected chi connectivity index (χ0v) is 20.8. The zero-order chi connectivity index (χ0) is 24.1. The number of hydrogen-bond acceptors (Lipinski definition) is 4. The molecule has 0 bridgehead atoms. The standard InChI is InChI=1S/C14H15N5O.C8H13N.2C2H6/c20-12(19-5-1-2-6-19)7-11-17-10-8-16-14-9(3-4-15-14)13(10)18-11;9-7-6-8-4-2-1-3-5-8;2*1-2/h3-4,8H,1-2,5-7H2,(H,15,16)(H,17,18);8H,1-6H2;2*1-2H3. The van der Waals surface area contributed by atoms with Crippen LogP contribution >= 0.6 is 0 Å². The van der Waals surface area contributed by atoms with Crippen LogP contribution in [0.2, 0.25) is 0 Å². The SMILES string of the molecule is CC.CC.N#CCC1CCCCC1.O=C(Cc1nc2c(cnc3[nH]ccc32)[nH]1)N1CCCC1. The molecular formula is C26H40N6O. The molecule has 0 unspecified atom stereocenters. The van der Waals surface area contributed by atoms with Crippen molar-refractivity contribution in [2.45, 2.75) is 85.5 Å². The maximum absolute atomic E-state index is 12.1. The van der Waals surface area contributed by atoms with E-state index in [1.165, 1.54) is 32.1 Å². The van der Waals surface area contributed by atoms with E-state index in [1.54, 1.807) is 6.20 Å². The number of aromatic amines is 2. The third kappa shape index (κ3) is 7.31. The van der Waals surface area contributed by atoms with Crippen molar-refractivity contribution in [2.75, 3.05) is 13.1 Å². The lowest BCUT2D eigenvalue weighted by Gasteiger charge is -2.17. The highest BCUT2D eigenvalue weighted by Gasteiger charge is 2.19. The number of nitriles is 1. The number of carbonyl (C=O) groups excluding carboxylic acids is 1. The number of H-pyrrole nitrogens is 2. The Morgan fingerprint density at radius 3 is 2.48 bits per heavy atom. The second-order valence-corrected chi connectivity index (χ2v) is 8.07. The van der Waals surface area contributed by atoms with Gasteiger partial charge < -0.3 is 14.9 Å². The van der Waals surface area contributed by atoms with Gasteiger partial charge in [-0.3, -0.25) is 4.79 Å². The monoisotopic (exact) mass is 452 g/mol. The Balaban J connectivity index is 0.000000250. The molecule has 0 radical (unpaired) electrons. The number of fused-ring (bicyclic) bond motifs is 3. The van der Waals surface area contributed by atoms with Crippen LogP contribution in [0.4, 0.5) is 0 Å². The molecular weight excluding hydrogens is 412 g/mol. The number of pyridine rings is 1. The van der Waals surface area contributed by atoms with Gasteiger partial charge in [-0.2, -0.15) is 5.26 Å². The fourth-order valence-electron chi connectivity index (χ4n) is 4.35. The molecule has 2 N–H and O–H groups in total. The molecule has 2 fully saturated rings. The molecule has 7 nitrogen and oxygen atoms in total. The Kier molecular flexibility index (Phi) is 11.4. The molecule has 1 saturated carbocycles. The molecule has 5 rings (SSSR count). The molecule has 1 amide bonds. The van der Waals surface area contributed by atoms with Crippen LogP contribution in [0.3, 0.4) is 0 Å². The summed E-state index contributed by atoms with van der Waals surface area (Å²) in [6.45, 7) is 9.76. The van der Waals surface area contributed by atoms with Gasteiger partial charge >= 0.3 is 0 Å². The molecule has 7 heteroatoms. The lowest BCUT2D eigenvalue weighted by molar-refractivity contribution is -0.129. The van der Waals surface area contributed by atoms with Crippen LogP contribution in [0.25, 0.3) is 22.1 Å². The average molecular weight is 453 g/mol. The zero-order valence-electron chi connectivity index (χ0n) is 20.8. The van der Waals surface area contributed by atoms with Crippen LogP contribution in [-0.4, -0.2) is 43.8 Å². The van der Waals surface area contributed by atoms with E-state index < -0.39 is 0 Å². The van der Waals surface area contributed by atoms with Crippen molar-refractivity contribution in [3.05, 3.63) is 24.3 Å². The number of nitrogens with one attached hydrogen (secondary N) is 2. The van der Waals surface area contributed by atoms with Crippen LogP contribution in [0.1, 0.15) is 84.9 Å². The maximum Gasteiger partial charge on any atom is 0.230 e. The fourth-order valence-corrected chi connectivity index (χ4v) is 4.35. The minimum Gasteiger partial charge on any atom is -0.346 e. The summed E-state index contributed by atoms with van der Waals surface area (Å²) in [5.74, 6) is 1.61. The van der Waals surface area contributed by atoms with Crippen LogP contribution in [-0.2, 0) is 11.2 Å². The van der Waals surface area contributed by atoms with Gasteiger partial charge in [0.2, 0.25) is 5.91 Å². The van der Waals surface area contributed by atoms with Crippen molar-refractivity contribution >= 4 is 28.0 Å². The summed E-state index contributed by atoms with van der Waals surface area (Å²) in [5, 5.41) is 9.35. The first-order chi connectivity index (χ1) is 16.2. The molecule has 4 heterocycles. The topological polar surface area (TPSA) is 101 Å². The van der Waals surface area contributed by atoms with Crippen molar-refractivity contribution < 1.29 is 4.79 Å². The lowest BCUT2D eigenvalue weighted by Crippen LogP contribution is -2.29. The van der Waals surface area contributed by atoms with Crippen LogP contribution < -0.4 is 0 Å². The van der Waals surface area contributed by atoms with Crippen molar-refractivity contribution in [3.63, 3.8) is 0 Å². The normalized spacial score (nSPS) is 15.5. The summed E-state index contributed by atoms with van der Waals surface area (Å²) in [5.41, 5.74) is 2.57.